The summed E-state index contributed by atoms with van der Waals surface area (Å²) in [6.45, 7) is 8.01. The van der Waals surface area contributed by atoms with E-state index in [2.05, 4.69) is 5.32 Å². The average molecular weight is 229 g/mol. The summed E-state index contributed by atoms with van der Waals surface area (Å²) < 4.78 is 10.7. The molecule has 16 heavy (non-hydrogen) atoms. The fourth-order valence-corrected chi connectivity index (χ4v) is 1.53. The topological polar surface area (TPSA) is 47.6 Å². The van der Waals surface area contributed by atoms with E-state index in [1.54, 1.807) is 0 Å². The van der Waals surface area contributed by atoms with E-state index in [0.717, 1.165) is 25.9 Å². The lowest BCUT2D eigenvalue weighted by Gasteiger charge is -2.23. The molecule has 1 saturated heterocycles. The zero-order valence-electron chi connectivity index (χ0n) is 10.5. The minimum atomic E-state index is -0.250. The summed E-state index contributed by atoms with van der Waals surface area (Å²) in [4.78, 5) is 11.4. The van der Waals surface area contributed by atoms with E-state index in [1.165, 1.54) is 0 Å². The molecule has 0 radical (unpaired) electrons. The van der Waals surface area contributed by atoms with Crippen LogP contribution in [0.1, 0.15) is 33.6 Å². The molecule has 1 unspecified atom stereocenters. The normalized spacial score (nSPS) is 19.8. The number of ether oxygens (including phenoxy) is 2. The van der Waals surface area contributed by atoms with Crippen molar-refractivity contribution in [2.24, 2.45) is 5.92 Å². The maximum atomic E-state index is 11.4. The monoisotopic (exact) mass is 229 g/mol. The molecule has 0 aromatic carbocycles. The predicted molar refractivity (Wildman–Crippen MR) is 62.2 cm³/mol. The molecule has 1 rings (SSSR count). The average Bonchev–Trinajstić information content (AvgIpc) is 2.27. The standard InChI is InChI=1S/C12H23NO3/c1-9(2)10(3)16-12(14)8-15-11-4-6-13-7-5-11/h9-11,13H,4-8H2,1-3H3. The molecule has 0 spiro atoms. The molecule has 0 bridgehead atoms. The lowest BCUT2D eigenvalue weighted by atomic mass is 10.1. The van der Waals surface area contributed by atoms with Crippen LogP contribution < -0.4 is 5.32 Å². The smallest absolute Gasteiger partial charge is 0.332 e. The molecule has 1 atom stereocenters. The second-order valence-corrected chi connectivity index (χ2v) is 4.70. The number of carbonyl (C=O) groups is 1. The molecule has 0 aliphatic carbocycles. The zero-order valence-corrected chi connectivity index (χ0v) is 10.5. The van der Waals surface area contributed by atoms with Crippen LogP contribution in [0.15, 0.2) is 0 Å². The van der Waals surface area contributed by atoms with Crippen LogP contribution in [0.2, 0.25) is 0 Å². The van der Waals surface area contributed by atoms with E-state index < -0.39 is 0 Å². The molecule has 4 heteroatoms. The molecule has 94 valence electrons. The fraction of sp³-hybridized carbons (Fsp3) is 0.917. The molecule has 1 fully saturated rings. The molecule has 1 heterocycles. The minimum absolute atomic E-state index is 0.0378. The van der Waals surface area contributed by atoms with Crippen molar-refractivity contribution in [3.63, 3.8) is 0 Å². The summed E-state index contributed by atoms with van der Waals surface area (Å²) in [6.07, 6.45) is 2.13. The predicted octanol–water partition coefficient (Wildman–Crippen LogP) is 1.34. The summed E-state index contributed by atoms with van der Waals surface area (Å²) in [5, 5.41) is 3.25. The van der Waals surface area contributed by atoms with Gasteiger partial charge in [-0.3, -0.25) is 0 Å². The Bertz CT molecular complexity index is 212. The summed E-state index contributed by atoms with van der Waals surface area (Å²) >= 11 is 0. The molecule has 0 aromatic rings. The van der Waals surface area contributed by atoms with Crippen molar-refractivity contribution in [2.75, 3.05) is 19.7 Å². The van der Waals surface area contributed by atoms with Gasteiger partial charge in [0.15, 0.2) is 0 Å². The second-order valence-electron chi connectivity index (χ2n) is 4.70. The second kappa shape index (κ2) is 6.86. The Labute approximate surface area is 97.7 Å². The van der Waals surface area contributed by atoms with Crippen molar-refractivity contribution in [3.05, 3.63) is 0 Å². The highest BCUT2D eigenvalue weighted by atomic mass is 16.6. The summed E-state index contributed by atoms with van der Waals surface area (Å²) in [5.41, 5.74) is 0. The number of carbonyl (C=O) groups excluding carboxylic acids is 1. The Balaban J connectivity index is 2.14. The SMILES string of the molecule is CC(C)C(C)OC(=O)COC1CCNCC1. The van der Waals surface area contributed by atoms with Crippen molar-refractivity contribution in [1.29, 1.82) is 0 Å². The highest BCUT2D eigenvalue weighted by molar-refractivity contribution is 5.70. The van der Waals surface area contributed by atoms with Crippen LogP contribution in [-0.2, 0) is 14.3 Å². The van der Waals surface area contributed by atoms with Crippen molar-refractivity contribution >= 4 is 5.97 Å². The van der Waals surface area contributed by atoms with E-state index >= 15 is 0 Å². The Morgan fingerprint density at radius 3 is 2.50 bits per heavy atom. The first kappa shape index (κ1) is 13.5. The van der Waals surface area contributed by atoms with Crippen LogP contribution in [0.25, 0.3) is 0 Å². The van der Waals surface area contributed by atoms with Crippen LogP contribution in [0, 0.1) is 5.92 Å². The van der Waals surface area contributed by atoms with Crippen molar-refractivity contribution in [2.45, 2.75) is 45.8 Å². The van der Waals surface area contributed by atoms with Crippen LogP contribution in [0.4, 0.5) is 0 Å². The van der Waals surface area contributed by atoms with Crippen molar-refractivity contribution in [1.82, 2.24) is 5.32 Å². The van der Waals surface area contributed by atoms with Gasteiger partial charge in [0.05, 0.1) is 6.10 Å². The first-order valence-corrected chi connectivity index (χ1v) is 6.11. The van der Waals surface area contributed by atoms with Gasteiger partial charge in [-0.25, -0.2) is 4.79 Å². The molecular formula is C12H23NO3. The van der Waals surface area contributed by atoms with Gasteiger partial charge in [0, 0.05) is 0 Å². The Morgan fingerprint density at radius 1 is 1.31 bits per heavy atom. The van der Waals surface area contributed by atoms with Gasteiger partial charge in [0.25, 0.3) is 0 Å². The largest absolute Gasteiger partial charge is 0.461 e. The van der Waals surface area contributed by atoms with Crippen LogP contribution in [0.3, 0.4) is 0 Å². The van der Waals surface area contributed by atoms with Crippen molar-refractivity contribution in [3.8, 4) is 0 Å². The van der Waals surface area contributed by atoms with Gasteiger partial charge >= 0.3 is 5.97 Å². The first-order valence-electron chi connectivity index (χ1n) is 6.11. The number of rotatable bonds is 5. The number of nitrogens with one attached hydrogen (secondary N) is 1. The van der Waals surface area contributed by atoms with Gasteiger partial charge in [-0.15, -0.1) is 0 Å². The van der Waals surface area contributed by atoms with E-state index in [-0.39, 0.29) is 24.8 Å². The lowest BCUT2D eigenvalue weighted by molar-refractivity contribution is -0.158. The van der Waals surface area contributed by atoms with Gasteiger partial charge in [-0.05, 0) is 38.8 Å². The number of hydrogen-bond donors (Lipinski definition) is 1. The molecule has 0 saturated carbocycles. The van der Waals surface area contributed by atoms with Gasteiger partial charge in [0.2, 0.25) is 0 Å². The minimum Gasteiger partial charge on any atom is -0.461 e. The third kappa shape index (κ3) is 4.94. The van der Waals surface area contributed by atoms with E-state index in [4.69, 9.17) is 9.47 Å². The van der Waals surface area contributed by atoms with Gasteiger partial charge in [0.1, 0.15) is 12.7 Å². The van der Waals surface area contributed by atoms with Gasteiger partial charge in [-0.2, -0.15) is 0 Å². The van der Waals surface area contributed by atoms with Crippen molar-refractivity contribution < 1.29 is 14.3 Å². The molecule has 0 amide bonds. The van der Waals surface area contributed by atoms with Crippen LogP contribution in [-0.4, -0.2) is 37.9 Å². The van der Waals surface area contributed by atoms with E-state index in [1.807, 2.05) is 20.8 Å². The first-order chi connectivity index (χ1) is 7.59. The van der Waals surface area contributed by atoms with Crippen LogP contribution in [0.5, 0.6) is 0 Å². The third-order valence-corrected chi connectivity index (χ3v) is 2.98. The lowest BCUT2D eigenvalue weighted by Crippen LogP contribution is -2.34. The highest BCUT2D eigenvalue weighted by Gasteiger charge is 2.17. The molecular weight excluding hydrogens is 206 g/mol. The third-order valence-electron chi connectivity index (χ3n) is 2.98. The summed E-state index contributed by atoms with van der Waals surface area (Å²) in [6, 6.07) is 0. The maximum absolute atomic E-state index is 11.4. The van der Waals surface area contributed by atoms with E-state index in [0.29, 0.717) is 5.92 Å². The fourth-order valence-electron chi connectivity index (χ4n) is 1.53. The van der Waals surface area contributed by atoms with Crippen LogP contribution >= 0.6 is 0 Å². The molecule has 1 aliphatic rings. The Kier molecular flexibility index (Phi) is 5.77. The summed E-state index contributed by atoms with van der Waals surface area (Å²) in [5.74, 6) is 0.0996. The number of hydrogen-bond acceptors (Lipinski definition) is 4. The summed E-state index contributed by atoms with van der Waals surface area (Å²) in [7, 11) is 0. The Hall–Kier alpha value is -0.610. The number of piperidine rings is 1. The zero-order chi connectivity index (χ0) is 12.0. The van der Waals surface area contributed by atoms with E-state index in [9.17, 15) is 4.79 Å². The molecule has 4 nitrogen and oxygen atoms in total. The maximum Gasteiger partial charge on any atom is 0.332 e. The Morgan fingerprint density at radius 2 is 1.94 bits per heavy atom. The van der Waals surface area contributed by atoms with Gasteiger partial charge in [-0.1, -0.05) is 13.8 Å². The quantitative estimate of drug-likeness (QED) is 0.723. The highest BCUT2D eigenvalue weighted by Crippen LogP contribution is 2.09. The molecule has 1 aliphatic heterocycles. The number of esters is 1. The molecule has 0 aromatic heterocycles. The van der Waals surface area contributed by atoms with Gasteiger partial charge < -0.3 is 14.8 Å². The molecule has 1 N–H and O–H groups in total.